The molecule has 1 fully saturated rings. The van der Waals surface area contributed by atoms with Crippen molar-refractivity contribution < 1.29 is 4.79 Å². The number of allylic oxidation sites excluding steroid dienone is 1. The van der Waals surface area contributed by atoms with E-state index in [2.05, 4.69) is 5.32 Å². The molecule has 1 saturated heterocycles. The summed E-state index contributed by atoms with van der Waals surface area (Å²) in [6, 6.07) is 0. The zero-order chi connectivity index (χ0) is 9.26. The number of carbonyl (C=O) groups is 1. The molecule has 0 aromatic carbocycles. The van der Waals surface area contributed by atoms with Gasteiger partial charge >= 0.3 is 0 Å². The average molecular weight is 179 g/mol. The molecule has 2 aliphatic rings. The highest BCUT2D eigenvalue weighted by Gasteiger charge is 2.23. The van der Waals surface area contributed by atoms with Crippen molar-refractivity contribution in [2.24, 2.45) is 5.73 Å². The van der Waals surface area contributed by atoms with Crippen molar-refractivity contribution >= 4 is 5.91 Å². The predicted molar refractivity (Wildman–Crippen MR) is 49.3 cm³/mol. The van der Waals surface area contributed by atoms with Crippen LogP contribution in [0.25, 0.3) is 0 Å². The lowest BCUT2D eigenvalue weighted by atomic mass is 10.2. The van der Waals surface area contributed by atoms with Crippen LogP contribution in [-0.2, 0) is 4.79 Å². The minimum absolute atomic E-state index is 0.194. The van der Waals surface area contributed by atoms with Gasteiger partial charge in [-0.2, -0.15) is 0 Å². The third-order valence-corrected chi connectivity index (χ3v) is 2.27. The lowest BCUT2D eigenvalue weighted by Gasteiger charge is -2.20. The maximum Gasteiger partial charge on any atom is 0.227 e. The van der Waals surface area contributed by atoms with Crippen molar-refractivity contribution in [2.75, 3.05) is 13.1 Å². The second kappa shape index (κ2) is 3.12. The standard InChI is InChI=1S/C9H13N3O/c10-7-4-8(6-11-5-7)12-3-1-2-9(12)13/h4,6,11H,1-3,5,10H2. The summed E-state index contributed by atoms with van der Waals surface area (Å²) in [5.74, 6) is 0.194. The van der Waals surface area contributed by atoms with Gasteiger partial charge in [0.15, 0.2) is 0 Å². The number of rotatable bonds is 1. The van der Waals surface area contributed by atoms with E-state index in [-0.39, 0.29) is 5.91 Å². The first-order valence-corrected chi connectivity index (χ1v) is 4.47. The minimum atomic E-state index is 0.194. The van der Waals surface area contributed by atoms with E-state index < -0.39 is 0 Å². The second-order valence-electron chi connectivity index (χ2n) is 3.32. The first kappa shape index (κ1) is 8.16. The Morgan fingerprint density at radius 1 is 1.54 bits per heavy atom. The molecular formula is C9H13N3O. The van der Waals surface area contributed by atoms with Crippen molar-refractivity contribution in [3.63, 3.8) is 0 Å². The molecule has 3 N–H and O–H groups in total. The van der Waals surface area contributed by atoms with Crippen LogP contribution in [-0.4, -0.2) is 23.9 Å². The number of likely N-dealkylation sites (tertiary alicyclic amines) is 1. The largest absolute Gasteiger partial charge is 0.401 e. The molecule has 0 radical (unpaired) electrons. The van der Waals surface area contributed by atoms with Crippen LogP contribution in [0, 0.1) is 0 Å². The van der Waals surface area contributed by atoms with Gasteiger partial charge in [-0.3, -0.25) is 4.79 Å². The highest BCUT2D eigenvalue weighted by Crippen LogP contribution is 2.18. The Morgan fingerprint density at radius 2 is 2.38 bits per heavy atom. The van der Waals surface area contributed by atoms with E-state index in [0.29, 0.717) is 13.0 Å². The third-order valence-electron chi connectivity index (χ3n) is 2.27. The zero-order valence-electron chi connectivity index (χ0n) is 7.42. The average Bonchev–Trinajstić information content (AvgIpc) is 2.51. The molecule has 0 bridgehead atoms. The molecule has 0 atom stereocenters. The maximum absolute atomic E-state index is 11.4. The molecule has 4 heteroatoms. The highest BCUT2D eigenvalue weighted by molar-refractivity contribution is 5.80. The Kier molecular flexibility index (Phi) is 1.96. The van der Waals surface area contributed by atoms with E-state index in [1.807, 2.05) is 12.3 Å². The summed E-state index contributed by atoms with van der Waals surface area (Å²) >= 11 is 0. The Morgan fingerprint density at radius 3 is 3.00 bits per heavy atom. The number of nitrogens with one attached hydrogen (secondary N) is 1. The predicted octanol–water partition coefficient (Wildman–Crippen LogP) is -0.104. The molecule has 2 rings (SSSR count). The van der Waals surface area contributed by atoms with Gasteiger partial charge < -0.3 is 16.0 Å². The summed E-state index contributed by atoms with van der Waals surface area (Å²) in [5.41, 5.74) is 7.33. The quantitative estimate of drug-likeness (QED) is 0.590. The molecule has 0 aromatic heterocycles. The molecular weight excluding hydrogens is 166 g/mol. The lowest BCUT2D eigenvalue weighted by molar-refractivity contribution is -0.125. The molecule has 0 aromatic rings. The van der Waals surface area contributed by atoms with Crippen LogP contribution < -0.4 is 11.1 Å². The van der Waals surface area contributed by atoms with Crippen molar-refractivity contribution in [3.8, 4) is 0 Å². The molecule has 2 heterocycles. The van der Waals surface area contributed by atoms with Crippen LogP contribution in [0.2, 0.25) is 0 Å². The van der Waals surface area contributed by atoms with Crippen molar-refractivity contribution in [1.29, 1.82) is 0 Å². The summed E-state index contributed by atoms with van der Waals surface area (Å²) in [6.07, 6.45) is 5.31. The zero-order valence-corrected chi connectivity index (χ0v) is 7.42. The second-order valence-corrected chi connectivity index (χ2v) is 3.32. The summed E-state index contributed by atoms with van der Waals surface area (Å²) in [5, 5.41) is 3.03. The molecule has 2 aliphatic heterocycles. The van der Waals surface area contributed by atoms with E-state index in [0.717, 1.165) is 24.4 Å². The molecule has 1 amide bonds. The number of nitrogens with two attached hydrogens (primary N) is 1. The fraction of sp³-hybridized carbons (Fsp3) is 0.444. The van der Waals surface area contributed by atoms with E-state index in [9.17, 15) is 4.79 Å². The fourth-order valence-electron chi connectivity index (χ4n) is 1.63. The van der Waals surface area contributed by atoms with E-state index in [1.54, 1.807) is 4.90 Å². The molecule has 0 saturated carbocycles. The monoisotopic (exact) mass is 179 g/mol. The van der Waals surface area contributed by atoms with Crippen molar-refractivity contribution in [3.05, 3.63) is 23.7 Å². The van der Waals surface area contributed by atoms with Gasteiger partial charge in [0.1, 0.15) is 0 Å². The summed E-state index contributed by atoms with van der Waals surface area (Å²) in [7, 11) is 0. The van der Waals surface area contributed by atoms with E-state index in [1.165, 1.54) is 0 Å². The lowest BCUT2D eigenvalue weighted by Crippen LogP contribution is -2.29. The Bertz CT molecular complexity index is 293. The topological polar surface area (TPSA) is 58.4 Å². The first-order chi connectivity index (χ1) is 6.27. The van der Waals surface area contributed by atoms with Crippen LogP contribution in [0.15, 0.2) is 23.7 Å². The fourth-order valence-corrected chi connectivity index (χ4v) is 1.63. The Hall–Kier alpha value is -1.45. The van der Waals surface area contributed by atoms with Crippen LogP contribution in [0.5, 0.6) is 0 Å². The van der Waals surface area contributed by atoms with Gasteiger partial charge in [-0.15, -0.1) is 0 Å². The molecule has 4 nitrogen and oxygen atoms in total. The number of hydrogen-bond acceptors (Lipinski definition) is 3. The number of amides is 1. The van der Waals surface area contributed by atoms with E-state index in [4.69, 9.17) is 5.73 Å². The van der Waals surface area contributed by atoms with Gasteiger partial charge in [0.25, 0.3) is 0 Å². The SMILES string of the molecule is NC1=CC(N2CCCC2=O)=CNC1. The normalized spacial score (nSPS) is 22.5. The number of nitrogens with zero attached hydrogens (tertiary/aromatic N) is 1. The maximum atomic E-state index is 11.4. The van der Waals surface area contributed by atoms with Crippen molar-refractivity contribution in [2.45, 2.75) is 12.8 Å². The number of hydrogen-bond donors (Lipinski definition) is 2. The molecule has 70 valence electrons. The molecule has 0 spiro atoms. The smallest absolute Gasteiger partial charge is 0.227 e. The van der Waals surface area contributed by atoms with Gasteiger partial charge in [0.05, 0.1) is 12.2 Å². The Labute approximate surface area is 77.1 Å². The van der Waals surface area contributed by atoms with Gasteiger partial charge in [0, 0.05) is 24.9 Å². The van der Waals surface area contributed by atoms with Crippen LogP contribution in [0.1, 0.15) is 12.8 Å². The van der Waals surface area contributed by atoms with Crippen LogP contribution >= 0.6 is 0 Å². The van der Waals surface area contributed by atoms with Crippen molar-refractivity contribution in [1.82, 2.24) is 10.2 Å². The van der Waals surface area contributed by atoms with E-state index >= 15 is 0 Å². The van der Waals surface area contributed by atoms with Gasteiger partial charge in [-0.1, -0.05) is 0 Å². The number of dihydropyridines is 1. The van der Waals surface area contributed by atoms with Gasteiger partial charge in [0.2, 0.25) is 5.91 Å². The minimum Gasteiger partial charge on any atom is -0.401 e. The van der Waals surface area contributed by atoms with Crippen LogP contribution in [0.4, 0.5) is 0 Å². The molecule has 0 aliphatic carbocycles. The van der Waals surface area contributed by atoms with Gasteiger partial charge in [-0.05, 0) is 12.5 Å². The number of carbonyl (C=O) groups excluding carboxylic acids is 1. The summed E-state index contributed by atoms with van der Waals surface area (Å²) in [4.78, 5) is 13.1. The van der Waals surface area contributed by atoms with Crippen LogP contribution in [0.3, 0.4) is 0 Å². The molecule has 13 heavy (non-hydrogen) atoms. The highest BCUT2D eigenvalue weighted by atomic mass is 16.2. The van der Waals surface area contributed by atoms with Gasteiger partial charge in [-0.25, -0.2) is 0 Å². The summed E-state index contributed by atoms with van der Waals surface area (Å²) in [6.45, 7) is 1.49. The molecule has 0 unspecified atom stereocenters. The summed E-state index contributed by atoms with van der Waals surface area (Å²) < 4.78 is 0. The third kappa shape index (κ3) is 1.52. The first-order valence-electron chi connectivity index (χ1n) is 4.47. The Balaban J connectivity index is 2.16.